The number of rotatable bonds is 2. The third-order valence-corrected chi connectivity index (χ3v) is 5.14. The first-order valence-electron chi connectivity index (χ1n) is 6.13. The first kappa shape index (κ1) is 13.4. The Hall–Kier alpha value is -1.60. The number of aryl methyl sites for hydroxylation is 1. The molecule has 0 radical (unpaired) electrons. The van der Waals surface area contributed by atoms with Crippen LogP contribution in [0.25, 0.3) is 10.2 Å². The van der Waals surface area contributed by atoms with Gasteiger partial charge < -0.3 is 9.47 Å². The second kappa shape index (κ2) is 5.41. The number of para-hydroxylation sites is 1. The maximum Gasteiger partial charge on any atom is 0.267 e. The predicted molar refractivity (Wildman–Crippen MR) is 80.4 cm³/mol. The zero-order chi connectivity index (χ0) is 14.1. The third-order valence-electron chi connectivity index (χ3n) is 3.09. The molecule has 2 heterocycles. The fourth-order valence-corrected chi connectivity index (χ4v) is 3.97. The lowest BCUT2D eigenvalue weighted by molar-refractivity contribution is -0.131. The number of hydrogen-bond acceptors (Lipinski definition) is 4. The molecule has 3 rings (SSSR count). The predicted octanol–water partition coefficient (Wildman–Crippen LogP) is 1.20. The maximum atomic E-state index is 12.0. The van der Waals surface area contributed by atoms with Crippen molar-refractivity contribution in [3.8, 4) is 0 Å². The van der Waals surface area contributed by atoms with Crippen LogP contribution in [0, 0.1) is 0 Å². The van der Waals surface area contributed by atoms with Crippen molar-refractivity contribution in [3.05, 3.63) is 29.1 Å². The van der Waals surface area contributed by atoms with Gasteiger partial charge in [-0.2, -0.15) is 4.99 Å². The van der Waals surface area contributed by atoms with Crippen LogP contribution < -0.4 is 4.80 Å². The molecule has 0 N–H and O–H groups in total. The smallest absolute Gasteiger partial charge is 0.267 e. The molecule has 1 fully saturated rings. The van der Waals surface area contributed by atoms with Crippen molar-refractivity contribution in [1.82, 2.24) is 9.47 Å². The summed E-state index contributed by atoms with van der Waals surface area (Å²) in [7, 11) is 1.89. The molecule has 1 aromatic heterocycles. The van der Waals surface area contributed by atoms with Crippen LogP contribution in [-0.4, -0.2) is 39.5 Å². The van der Waals surface area contributed by atoms with Gasteiger partial charge in [-0.05, 0) is 12.1 Å². The Morgan fingerprint density at radius 2 is 2.20 bits per heavy atom. The van der Waals surface area contributed by atoms with E-state index in [9.17, 15) is 9.59 Å². The van der Waals surface area contributed by atoms with Crippen LogP contribution in [0.1, 0.15) is 0 Å². The SMILES string of the molecule is Cn1c(=NC(=O)CN2CSCC2=O)sc2ccccc21. The Bertz CT molecular complexity index is 747. The van der Waals surface area contributed by atoms with E-state index in [4.69, 9.17) is 0 Å². The zero-order valence-corrected chi connectivity index (χ0v) is 12.5. The number of thiazole rings is 1. The maximum absolute atomic E-state index is 12.0. The van der Waals surface area contributed by atoms with Gasteiger partial charge in [0.05, 0.1) is 21.8 Å². The van der Waals surface area contributed by atoms with E-state index in [1.54, 1.807) is 4.90 Å². The molecule has 0 aliphatic carbocycles. The van der Waals surface area contributed by atoms with E-state index in [1.807, 2.05) is 35.9 Å². The average molecular weight is 307 g/mol. The van der Waals surface area contributed by atoms with Crippen LogP contribution in [0.4, 0.5) is 0 Å². The second-order valence-electron chi connectivity index (χ2n) is 4.49. The molecule has 5 nitrogen and oxygen atoms in total. The number of hydrogen-bond donors (Lipinski definition) is 0. The summed E-state index contributed by atoms with van der Waals surface area (Å²) in [6, 6.07) is 7.92. The lowest BCUT2D eigenvalue weighted by atomic mass is 10.3. The Kier molecular flexibility index (Phi) is 3.62. The topological polar surface area (TPSA) is 54.7 Å². The molecule has 1 aromatic carbocycles. The molecule has 0 bridgehead atoms. The molecule has 0 atom stereocenters. The van der Waals surface area contributed by atoms with Gasteiger partial charge in [0, 0.05) is 7.05 Å². The van der Waals surface area contributed by atoms with E-state index < -0.39 is 0 Å². The normalized spacial score (nSPS) is 16.4. The quantitative estimate of drug-likeness (QED) is 0.838. The van der Waals surface area contributed by atoms with Crippen molar-refractivity contribution >= 4 is 45.1 Å². The minimum Gasteiger partial charge on any atom is -0.323 e. The van der Waals surface area contributed by atoms with E-state index in [0.29, 0.717) is 16.4 Å². The largest absolute Gasteiger partial charge is 0.323 e. The van der Waals surface area contributed by atoms with E-state index in [-0.39, 0.29) is 18.4 Å². The van der Waals surface area contributed by atoms with Gasteiger partial charge >= 0.3 is 0 Å². The van der Waals surface area contributed by atoms with E-state index in [0.717, 1.165) is 10.2 Å². The average Bonchev–Trinajstić information content (AvgIpc) is 2.96. The number of benzene rings is 1. The first-order valence-corrected chi connectivity index (χ1v) is 8.10. The van der Waals surface area contributed by atoms with Crippen molar-refractivity contribution in [2.24, 2.45) is 12.0 Å². The fraction of sp³-hybridized carbons (Fsp3) is 0.308. The highest BCUT2D eigenvalue weighted by Gasteiger charge is 2.22. The van der Waals surface area contributed by atoms with Gasteiger partial charge in [0.2, 0.25) is 5.91 Å². The third kappa shape index (κ3) is 2.51. The fourth-order valence-electron chi connectivity index (χ4n) is 2.03. The van der Waals surface area contributed by atoms with Gasteiger partial charge in [0.1, 0.15) is 6.54 Å². The Morgan fingerprint density at radius 3 is 2.90 bits per heavy atom. The summed E-state index contributed by atoms with van der Waals surface area (Å²) in [4.78, 5) is 29.8. The zero-order valence-electron chi connectivity index (χ0n) is 10.9. The summed E-state index contributed by atoms with van der Waals surface area (Å²) < 4.78 is 2.99. The Balaban J connectivity index is 1.88. The highest BCUT2D eigenvalue weighted by atomic mass is 32.2. The van der Waals surface area contributed by atoms with E-state index in [2.05, 4.69) is 4.99 Å². The summed E-state index contributed by atoms with van der Waals surface area (Å²) >= 11 is 3.00. The van der Waals surface area contributed by atoms with Gasteiger partial charge in [-0.1, -0.05) is 23.5 Å². The van der Waals surface area contributed by atoms with Crippen molar-refractivity contribution < 1.29 is 9.59 Å². The van der Waals surface area contributed by atoms with Crippen LogP contribution in [0.15, 0.2) is 29.3 Å². The van der Waals surface area contributed by atoms with Crippen molar-refractivity contribution in [2.45, 2.75) is 0 Å². The van der Waals surface area contributed by atoms with Crippen LogP contribution in [0.2, 0.25) is 0 Å². The standard InChI is InChI=1S/C13H13N3O2S2/c1-15-9-4-2-3-5-10(9)20-13(15)14-11(17)6-16-8-19-7-12(16)18/h2-5H,6-8H2,1H3. The number of aromatic nitrogens is 1. The molecule has 1 aliphatic heterocycles. The molecule has 0 spiro atoms. The molecule has 1 aliphatic rings. The molecule has 0 unspecified atom stereocenters. The molecule has 104 valence electrons. The number of thioether (sulfide) groups is 1. The molecule has 0 saturated carbocycles. The highest BCUT2D eigenvalue weighted by Crippen LogP contribution is 2.16. The molecule has 2 amide bonds. The van der Waals surface area contributed by atoms with Crippen LogP contribution in [0.3, 0.4) is 0 Å². The minimum absolute atomic E-state index is 0.0132. The first-order chi connectivity index (χ1) is 9.65. The molecule has 20 heavy (non-hydrogen) atoms. The van der Waals surface area contributed by atoms with Gasteiger partial charge in [0.25, 0.3) is 5.91 Å². The molecular formula is C13H13N3O2S2. The number of carbonyl (C=O) groups excluding carboxylic acids is 2. The monoisotopic (exact) mass is 307 g/mol. The summed E-state index contributed by atoms with van der Waals surface area (Å²) in [6.07, 6.45) is 0. The van der Waals surface area contributed by atoms with Gasteiger partial charge in [-0.25, -0.2) is 0 Å². The second-order valence-corrected chi connectivity index (χ2v) is 6.45. The van der Waals surface area contributed by atoms with Crippen molar-refractivity contribution in [1.29, 1.82) is 0 Å². The number of carbonyl (C=O) groups is 2. The molecular weight excluding hydrogens is 294 g/mol. The minimum atomic E-state index is -0.275. The van der Waals surface area contributed by atoms with Gasteiger partial charge in [0.15, 0.2) is 4.80 Å². The van der Waals surface area contributed by atoms with Crippen LogP contribution in [-0.2, 0) is 16.6 Å². The van der Waals surface area contributed by atoms with Crippen molar-refractivity contribution in [3.63, 3.8) is 0 Å². The molecule has 2 aromatic rings. The lowest BCUT2D eigenvalue weighted by Crippen LogP contribution is -2.31. The Labute approximate surface area is 123 Å². The summed E-state index contributed by atoms with van der Waals surface area (Å²) in [5, 5.41) is 0. The lowest BCUT2D eigenvalue weighted by Gasteiger charge is -2.10. The van der Waals surface area contributed by atoms with Gasteiger partial charge in [-0.3, -0.25) is 9.59 Å². The Morgan fingerprint density at radius 1 is 1.40 bits per heavy atom. The van der Waals surface area contributed by atoms with Crippen LogP contribution >= 0.6 is 23.1 Å². The molecule has 7 heteroatoms. The van der Waals surface area contributed by atoms with E-state index >= 15 is 0 Å². The van der Waals surface area contributed by atoms with Gasteiger partial charge in [-0.15, -0.1) is 11.8 Å². The number of amides is 2. The summed E-state index contributed by atoms with van der Waals surface area (Å²) in [5.41, 5.74) is 1.05. The summed E-state index contributed by atoms with van der Waals surface area (Å²) in [6.45, 7) is 0.0695. The van der Waals surface area contributed by atoms with Crippen molar-refractivity contribution in [2.75, 3.05) is 18.2 Å². The summed E-state index contributed by atoms with van der Waals surface area (Å²) in [5.74, 6) is 0.782. The number of fused-ring (bicyclic) bond motifs is 1. The highest BCUT2D eigenvalue weighted by molar-refractivity contribution is 8.00. The van der Waals surface area contributed by atoms with Crippen LogP contribution in [0.5, 0.6) is 0 Å². The number of nitrogens with zero attached hydrogens (tertiary/aromatic N) is 3. The molecule has 1 saturated heterocycles. The van der Waals surface area contributed by atoms with E-state index in [1.165, 1.54) is 23.1 Å².